The Labute approximate surface area is 103 Å². The zero-order valence-corrected chi connectivity index (χ0v) is 9.77. The Bertz CT molecular complexity index is 592. The van der Waals surface area contributed by atoms with Crippen LogP contribution in [0, 0.1) is 5.92 Å². The van der Waals surface area contributed by atoms with E-state index in [1.54, 1.807) is 4.68 Å². The summed E-state index contributed by atoms with van der Waals surface area (Å²) in [5.41, 5.74) is 6.89. The number of hydrogen-bond donors (Lipinski definition) is 2. The number of aliphatic hydroxyl groups is 1. The van der Waals surface area contributed by atoms with Crippen molar-refractivity contribution in [2.24, 2.45) is 5.92 Å². The molecule has 2 aromatic rings. The topological polar surface area (TPSA) is 103 Å². The van der Waals surface area contributed by atoms with Gasteiger partial charge in [-0.3, -0.25) is 0 Å². The summed E-state index contributed by atoms with van der Waals surface area (Å²) in [5, 5.41) is 17.3. The van der Waals surface area contributed by atoms with Crippen LogP contribution in [0.25, 0.3) is 11.2 Å². The molecule has 0 saturated carbocycles. The van der Waals surface area contributed by atoms with E-state index in [2.05, 4.69) is 32.4 Å². The standard InChI is InChI=1S/C11H14N6O/c12-10-9-11(14-6-13-10)17(16-15-9)8-3-1-2-7(4-8)5-18/h1,3,6-8,18H,2,4-5H2,(H2,12,13,14)/t7-,8-/m1/s1. The highest BCUT2D eigenvalue weighted by Crippen LogP contribution is 2.28. The van der Waals surface area contributed by atoms with Crippen molar-refractivity contribution >= 4 is 17.0 Å². The summed E-state index contributed by atoms with van der Waals surface area (Å²) in [6.45, 7) is 0.185. The summed E-state index contributed by atoms with van der Waals surface area (Å²) in [5.74, 6) is 0.600. The molecule has 0 unspecified atom stereocenters. The highest BCUT2D eigenvalue weighted by Gasteiger charge is 2.22. The maximum atomic E-state index is 9.24. The van der Waals surface area contributed by atoms with Crippen LogP contribution in [-0.2, 0) is 0 Å². The molecule has 3 N–H and O–H groups in total. The molecule has 7 heteroatoms. The Morgan fingerprint density at radius 3 is 3.17 bits per heavy atom. The van der Waals surface area contributed by atoms with Crippen molar-refractivity contribution in [3.63, 3.8) is 0 Å². The van der Waals surface area contributed by atoms with Gasteiger partial charge in [-0.25, -0.2) is 14.6 Å². The first-order valence-electron chi connectivity index (χ1n) is 5.88. The second-order valence-corrected chi connectivity index (χ2v) is 4.48. The molecule has 0 radical (unpaired) electrons. The van der Waals surface area contributed by atoms with Gasteiger partial charge in [0.2, 0.25) is 0 Å². The molecule has 0 amide bonds. The molecule has 2 heterocycles. The van der Waals surface area contributed by atoms with Crippen LogP contribution in [0.5, 0.6) is 0 Å². The van der Waals surface area contributed by atoms with Crippen molar-refractivity contribution in [2.45, 2.75) is 18.9 Å². The lowest BCUT2D eigenvalue weighted by Gasteiger charge is -2.23. The SMILES string of the molecule is Nc1ncnc2c1nnn2[C@@H]1C=CC[C@@H](CO)C1. The molecule has 18 heavy (non-hydrogen) atoms. The minimum absolute atomic E-state index is 0.0650. The highest BCUT2D eigenvalue weighted by molar-refractivity contribution is 5.80. The molecule has 1 aliphatic carbocycles. The van der Waals surface area contributed by atoms with E-state index in [4.69, 9.17) is 5.73 Å². The molecule has 7 nitrogen and oxygen atoms in total. The Balaban J connectivity index is 2.02. The largest absolute Gasteiger partial charge is 0.396 e. The van der Waals surface area contributed by atoms with E-state index in [0.29, 0.717) is 17.0 Å². The summed E-state index contributed by atoms with van der Waals surface area (Å²) in [4.78, 5) is 8.07. The average Bonchev–Trinajstić information content (AvgIpc) is 2.84. The summed E-state index contributed by atoms with van der Waals surface area (Å²) in [7, 11) is 0. The van der Waals surface area contributed by atoms with Crippen molar-refractivity contribution in [1.29, 1.82) is 0 Å². The molecule has 94 valence electrons. The van der Waals surface area contributed by atoms with Crippen LogP contribution in [-0.4, -0.2) is 36.7 Å². The fourth-order valence-electron chi connectivity index (χ4n) is 2.28. The van der Waals surface area contributed by atoms with E-state index in [9.17, 15) is 5.11 Å². The zero-order chi connectivity index (χ0) is 12.5. The summed E-state index contributed by atoms with van der Waals surface area (Å²) >= 11 is 0. The molecule has 0 bridgehead atoms. The lowest BCUT2D eigenvalue weighted by atomic mass is 9.92. The number of fused-ring (bicyclic) bond motifs is 1. The summed E-state index contributed by atoms with van der Waals surface area (Å²) in [6, 6.07) is 0.0650. The first-order chi connectivity index (χ1) is 8.79. The summed E-state index contributed by atoms with van der Waals surface area (Å²) < 4.78 is 1.74. The molecule has 0 spiro atoms. The third-order valence-electron chi connectivity index (χ3n) is 3.26. The number of rotatable bonds is 2. The van der Waals surface area contributed by atoms with E-state index >= 15 is 0 Å². The van der Waals surface area contributed by atoms with Gasteiger partial charge in [-0.15, -0.1) is 5.10 Å². The number of anilines is 1. The van der Waals surface area contributed by atoms with E-state index in [1.807, 2.05) is 0 Å². The fraction of sp³-hybridized carbons (Fsp3) is 0.455. The smallest absolute Gasteiger partial charge is 0.184 e. The monoisotopic (exact) mass is 246 g/mol. The minimum Gasteiger partial charge on any atom is -0.396 e. The number of nitrogen functional groups attached to an aromatic ring is 1. The van der Waals surface area contributed by atoms with Crippen LogP contribution in [0.15, 0.2) is 18.5 Å². The number of aliphatic hydroxyl groups excluding tert-OH is 1. The normalized spacial score (nSPS) is 23.6. The molecule has 0 saturated heterocycles. The van der Waals surface area contributed by atoms with Gasteiger partial charge in [0.05, 0.1) is 6.04 Å². The summed E-state index contributed by atoms with van der Waals surface area (Å²) in [6.07, 6.45) is 7.27. The van der Waals surface area contributed by atoms with Crippen molar-refractivity contribution in [2.75, 3.05) is 12.3 Å². The molecule has 1 aliphatic rings. The number of nitrogens with zero attached hydrogens (tertiary/aromatic N) is 5. The molecular formula is C11H14N6O. The molecule has 2 aromatic heterocycles. The number of allylic oxidation sites excluding steroid dienone is 2. The lowest BCUT2D eigenvalue weighted by molar-refractivity contribution is 0.202. The van der Waals surface area contributed by atoms with Crippen LogP contribution < -0.4 is 5.73 Å². The maximum absolute atomic E-state index is 9.24. The second kappa shape index (κ2) is 4.34. The molecule has 2 atom stereocenters. The van der Waals surface area contributed by atoms with Gasteiger partial charge in [0.15, 0.2) is 17.0 Å². The van der Waals surface area contributed by atoms with E-state index in [-0.39, 0.29) is 18.6 Å². The third-order valence-corrected chi connectivity index (χ3v) is 3.26. The van der Waals surface area contributed by atoms with Crippen LogP contribution in [0.1, 0.15) is 18.9 Å². The molecule has 0 aliphatic heterocycles. The van der Waals surface area contributed by atoms with Gasteiger partial charge in [-0.1, -0.05) is 17.4 Å². The molecule has 0 fully saturated rings. The Hall–Kier alpha value is -2.02. The fourth-order valence-corrected chi connectivity index (χ4v) is 2.28. The van der Waals surface area contributed by atoms with E-state index < -0.39 is 0 Å². The van der Waals surface area contributed by atoms with Crippen LogP contribution in [0.2, 0.25) is 0 Å². The number of nitrogens with two attached hydrogens (primary N) is 1. The average molecular weight is 246 g/mol. The highest BCUT2D eigenvalue weighted by atomic mass is 16.3. The van der Waals surface area contributed by atoms with Gasteiger partial charge >= 0.3 is 0 Å². The number of aromatic nitrogens is 5. The first-order valence-corrected chi connectivity index (χ1v) is 5.88. The van der Waals surface area contributed by atoms with Gasteiger partial charge in [0.1, 0.15) is 6.33 Å². The zero-order valence-electron chi connectivity index (χ0n) is 9.77. The van der Waals surface area contributed by atoms with Gasteiger partial charge in [0, 0.05) is 6.61 Å². The first kappa shape index (κ1) is 11.1. The predicted octanol–water partition coefficient (Wildman–Crippen LogP) is 0.303. The lowest BCUT2D eigenvalue weighted by Crippen LogP contribution is -2.19. The number of hydrogen-bond acceptors (Lipinski definition) is 6. The molecule has 3 rings (SSSR count). The van der Waals surface area contributed by atoms with Crippen molar-refractivity contribution in [3.05, 3.63) is 18.5 Å². The van der Waals surface area contributed by atoms with Crippen molar-refractivity contribution in [3.8, 4) is 0 Å². The minimum atomic E-state index is 0.0650. The van der Waals surface area contributed by atoms with Gasteiger partial charge in [0.25, 0.3) is 0 Å². The van der Waals surface area contributed by atoms with Crippen molar-refractivity contribution < 1.29 is 5.11 Å². The Kier molecular flexibility index (Phi) is 2.67. The second-order valence-electron chi connectivity index (χ2n) is 4.48. The molecular weight excluding hydrogens is 232 g/mol. The van der Waals surface area contributed by atoms with Crippen molar-refractivity contribution in [1.82, 2.24) is 25.0 Å². The maximum Gasteiger partial charge on any atom is 0.184 e. The Morgan fingerprint density at radius 1 is 1.44 bits per heavy atom. The quantitative estimate of drug-likeness (QED) is 0.739. The predicted molar refractivity (Wildman–Crippen MR) is 65.5 cm³/mol. The van der Waals surface area contributed by atoms with Gasteiger partial charge < -0.3 is 10.8 Å². The van der Waals surface area contributed by atoms with Crippen LogP contribution in [0.4, 0.5) is 5.82 Å². The third kappa shape index (κ3) is 1.72. The van der Waals surface area contributed by atoms with Crippen LogP contribution in [0.3, 0.4) is 0 Å². The molecule has 0 aromatic carbocycles. The Morgan fingerprint density at radius 2 is 2.33 bits per heavy atom. The van der Waals surface area contributed by atoms with Gasteiger partial charge in [-0.05, 0) is 18.8 Å². The van der Waals surface area contributed by atoms with Crippen LogP contribution >= 0.6 is 0 Å². The van der Waals surface area contributed by atoms with E-state index in [1.165, 1.54) is 6.33 Å². The van der Waals surface area contributed by atoms with E-state index in [0.717, 1.165) is 12.8 Å². The van der Waals surface area contributed by atoms with Gasteiger partial charge in [-0.2, -0.15) is 0 Å².